The standard InChI is InChI=1S/C17H18N2O4S/c1-3-10-24-16-7-5-4-6-13(16)17(20)18-14-9-8-12(23-2)11-15(14)19(21)22/h4-9,11H,3,10H2,1-2H3,(H,18,20). The van der Waals surface area contributed by atoms with Gasteiger partial charge in [0.15, 0.2) is 0 Å². The van der Waals surface area contributed by atoms with Crippen molar-refractivity contribution in [2.45, 2.75) is 18.2 Å². The molecule has 1 N–H and O–H groups in total. The first-order valence-corrected chi connectivity index (χ1v) is 8.41. The second kappa shape index (κ2) is 8.35. The number of methoxy groups -OCH3 is 1. The topological polar surface area (TPSA) is 81.5 Å². The maximum Gasteiger partial charge on any atom is 0.296 e. The molecule has 0 radical (unpaired) electrons. The van der Waals surface area contributed by atoms with Gasteiger partial charge in [0.25, 0.3) is 11.6 Å². The van der Waals surface area contributed by atoms with Crippen LogP contribution in [0.25, 0.3) is 0 Å². The van der Waals surface area contributed by atoms with Gasteiger partial charge in [0.2, 0.25) is 0 Å². The van der Waals surface area contributed by atoms with Crippen molar-refractivity contribution in [1.29, 1.82) is 0 Å². The second-order valence-electron chi connectivity index (χ2n) is 4.94. The molecule has 0 aromatic heterocycles. The number of nitrogens with one attached hydrogen (secondary N) is 1. The number of benzene rings is 2. The van der Waals surface area contributed by atoms with E-state index in [1.807, 2.05) is 12.1 Å². The summed E-state index contributed by atoms with van der Waals surface area (Å²) in [4.78, 5) is 24.1. The van der Waals surface area contributed by atoms with E-state index in [9.17, 15) is 14.9 Å². The van der Waals surface area contributed by atoms with Gasteiger partial charge in [0.05, 0.1) is 23.7 Å². The SMILES string of the molecule is CCCSc1ccccc1C(=O)Nc1ccc(OC)cc1[N+](=O)[O-]. The molecule has 0 fully saturated rings. The Kier molecular flexibility index (Phi) is 6.20. The molecule has 6 nitrogen and oxygen atoms in total. The van der Waals surface area contributed by atoms with Gasteiger partial charge in [0.1, 0.15) is 11.4 Å². The summed E-state index contributed by atoms with van der Waals surface area (Å²) in [5.41, 5.74) is 0.434. The number of nitrogens with zero attached hydrogens (tertiary/aromatic N) is 1. The molecule has 0 saturated carbocycles. The number of ether oxygens (including phenoxy) is 1. The molecule has 0 spiro atoms. The minimum atomic E-state index is -0.546. The molecule has 24 heavy (non-hydrogen) atoms. The molecule has 2 aromatic rings. The molecule has 1 amide bonds. The number of anilines is 1. The number of amides is 1. The van der Waals surface area contributed by atoms with Crippen LogP contribution < -0.4 is 10.1 Å². The number of hydrogen-bond donors (Lipinski definition) is 1. The Hall–Kier alpha value is -2.54. The van der Waals surface area contributed by atoms with Crippen molar-refractivity contribution in [3.63, 3.8) is 0 Å². The van der Waals surface area contributed by atoms with E-state index in [0.717, 1.165) is 17.1 Å². The van der Waals surface area contributed by atoms with Crippen molar-refractivity contribution < 1.29 is 14.5 Å². The van der Waals surface area contributed by atoms with Gasteiger partial charge < -0.3 is 10.1 Å². The third kappa shape index (κ3) is 4.26. The highest BCUT2D eigenvalue weighted by molar-refractivity contribution is 7.99. The third-order valence-corrected chi connectivity index (χ3v) is 4.52. The maximum atomic E-state index is 12.5. The van der Waals surface area contributed by atoms with Crippen LogP contribution in [-0.4, -0.2) is 23.7 Å². The maximum absolute atomic E-state index is 12.5. The van der Waals surface area contributed by atoms with E-state index in [-0.39, 0.29) is 17.3 Å². The monoisotopic (exact) mass is 346 g/mol. The minimum Gasteiger partial charge on any atom is -0.496 e. The quantitative estimate of drug-likeness (QED) is 0.458. The van der Waals surface area contributed by atoms with Crippen molar-refractivity contribution >= 4 is 29.0 Å². The molecular weight excluding hydrogens is 328 g/mol. The number of carbonyl (C=O) groups is 1. The third-order valence-electron chi connectivity index (χ3n) is 3.24. The molecule has 0 aliphatic rings. The molecule has 0 unspecified atom stereocenters. The predicted molar refractivity (Wildman–Crippen MR) is 95.1 cm³/mol. The van der Waals surface area contributed by atoms with Crippen LogP contribution >= 0.6 is 11.8 Å². The van der Waals surface area contributed by atoms with E-state index in [1.165, 1.54) is 19.2 Å². The van der Waals surface area contributed by atoms with Crippen molar-refractivity contribution in [2.24, 2.45) is 0 Å². The molecule has 0 saturated heterocycles. The minimum absolute atomic E-state index is 0.140. The summed E-state index contributed by atoms with van der Waals surface area (Å²) in [6, 6.07) is 11.5. The van der Waals surface area contributed by atoms with Gasteiger partial charge >= 0.3 is 0 Å². The fraction of sp³-hybridized carbons (Fsp3) is 0.235. The van der Waals surface area contributed by atoms with Crippen molar-refractivity contribution in [3.05, 3.63) is 58.1 Å². The van der Waals surface area contributed by atoms with Crippen LogP contribution in [0.3, 0.4) is 0 Å². The molecule has 7 heteroatoms. The average molecular weight is 346 g/mol. The highest BCUT2D eigenvalue weighted by Gasteiger charge is 2.19. The first-order valence-electron chi connectivity index (χ1n) is 7.42. The molecule has 0 heterocycles. The van der Waals surface area contributed by atoms with Gasteiger partial charge in [-0.25, -0.2) is 0 Å². The normalized spacial score (nSPS) is 10.2. The molecule has 0 bridgehead atoms. The van der Waals surface area contributed by atoms with E-state index in [2.05, 4.69) is 12.2 Å². The average Bonchev–Trinajstić information content (AvgIpc) is 2.60. The zero-order valence-electron chi connectivity index (χ0n) is 13.4. The van der Waals surface area contributed by atoms with Crippen LogP contribution in [0.1, 0.15) is 23.7 Å². The highest BCUT2D eigenvalue weighted by atomic mass is 32.2. The number of hydrogen-bond acceptors (Lipinski definition) is 5. The van der Waals surface area contributed by atoms with E-state index in [4.69, 9.17) is 4.74 Å². The van der Waals surface area contributed by atoms with Gasteiger partial charge in [-0.3, -0.25) is 14.9 Å². The molecule has 0 aliphatic carbocycles. The Balaban J connectivity index is 2.29. The number of nitro groups is 1. The largest absolute Gasteiger partial charge is 0.496 e. The lowest BCUT2D eigenvalue weighted by Gasteiger charge is -2.10. The van der Waals surface area contributed by atoms with Gasteiger partial charge in [-0.05, 0) is 36.4 Å². The van der Waals surface area contributed by atoms with Crippen molar-refractivity contribution in [2.75, 3.05) is 18.2 Å². The van der Waals surface area contributed by atoms with E-state index < -0.39 is 4.92 Å². The molecule has 126 valence electrons. The molecule has 0 aliphatic heterocycles. The van der Waals surface area contributed by atoms with Crippen molar-refractivity contribution in [3.8, 4) is 5.75 Å². The van der Waals surface area contributed by atoms with Gasteiger partial charge in [0, 0.05) is 4.90 Å². The van der Waals surface area contributed by atoms with Crippen molar-refractivity contribution in [1.82, 2.24) is 0 Å². The Morgan fingerprint density at radius 1 is 1.29 bits per heavy atom. The summed E-state index contributed by atoms with van der Waals surface area (Å²) in [5.74, 6) is 0.883. The lowest BCUT2D eigenvalue weighted by atomic mass is 10.2. The summed E-state index contributed by atoms with van der Waals surface area (Å²) in [7, 11) is 1.43. The molecular formula is C17H18N2O4S. The summed E-state index contributed by atoms with van der Waals surface area (Å²) < 4.78 is 4.99. The first kappa shape index (κ1) is 17.8. The number of carbonyl (C=O) groups excluding carboxylic acids is 1. The summed E-state index contributed by atoms with van der Waals surface area (Å²) in [6.07, 6.45) is 0.991. The summed E-state index contributed by atoms with van der Waals surface area (Å²) in [5, 5.41) is 13.8. The van der Waals surface area contributed by atoms with Crippen LogP contribution in [0.4, 0.5) is 11.4 Å². The van der Waals surface area contributed by atoms with Gasteiger partial charge in [-0.1, -0.05) is 19.1 Å². The zero-order valence-corrected chi connectivity index (χ0v) is 14.3. The van der Waals surface area contributed by atoms with Crippen LogP contribution in [0.2, 0.25) is 0 Å². The molecule has 2 aromatic carbocycles. The Bertz CT molecular complexity index is 749. The summed E-state index contributed by atoms with van der Waals surface area (Å²) in [6.45, 7) is 2.07. The number of rotatable bonds is 7. The predicted octanol–water partition coefficient (Wildman–Crippen LogP) is 4.36. The van der Waals surface area contributed by atoms with E-state index >= 15 is 0 Å². The van der Waals surface area contributed by atoms with Crippen LogP contribution in [-0.2, 0) is 0 Å². The van der Waals surface area contributed by atoms with Crippen LogP contribution in [0.5, 0.6) is 5.75 Å². The van der Waals surface area contributed by atoms with E-state index in [1.54, 1.807) is 30.0 Å². The highest BCUT2D eigenvalue weighted by Crippen LogP contribution is 2.30. The second-order valence-corrected chi connectivity index (χ2v) is 6.08. The smallest absolute Gasteiger partial charge is 0.296 e. The number of thioether (sulfide) groups is 1. The lowest BCUT2D eigenvalue weighted by Crippen LogP contribution is -2.14. The Morgan fingerprint density at radius 3 is 2.71 bits per heavy atom. The fourth-order valence-electron chi connectivity index (χ4n) is 2.08. The van der Waals surface area contributed by atoms with Crippen LogP contribution in [0, 0.1) is 10.1 Å². The first-order chi connectivity index (χ1) is 11.6. The van der Waals surface area contributed by atoms with Gasteiger partial charge in [-0.15, -0.1) is 11.8 Å². The van der Waals surface area contributed by atoms with E-state index in [0.29, 0.717) is 11.3 Å². The zero-order chi connectivity index (χ0) is 17.5. The summed E-state index contributed by atoms with van der Waals surface area (Å²) >= 11 is 1.59. The lowest BCUT2D eigenvalue weighted by molar-refractivity contribution is -0.384. The van der Waals surface area contributed by atoms with Gasteiger partial charge in [-0.2, -0.15) is 0 Å². The number of nitro benzene ring substituents is 1. The Labute approximate surface area is 144 Å². The molecule has 0 atom stereocenters. The fourth-order valence-corrected chi connectivity index (χ4v) is 2.99. The Morgan fingerprint density at radius 2 is 2.04 bits per heavy atom. The molecule has 2 rings (SSSR count). The van der Waals surface area contributed by atoms with Crippen LogP contribution in [0.15, 0.2) is 47.4 Å².